The molecule has 0 spiro atoms. The molecule has 4 rings (SSSR count). The van der Waals surface area contributed by atoms with Gasteiger partial charge in [0.15, 0.2) is 0 Å². The van der Waals surface area contributed by atoms with Gasteiger partial charge in [0, 0.05) is 62.4 Å². The summed E-state index contributed by atoms with van der Waals surface area (Å²) in [4.78, 5) is 32.1. The number of amides is 2. The molecule has 1 atom stereocenters. The number of carbonyl (C=O) groups is 2. The first kappa shape index (κ1) is 28.4. The molecule has 1 fully saturated rings. The number of alkyl halides is 6. The van der Waals surface area contributed by atoms with Crippen molar-refractivity contribution in [2.24, 2.45) is 0 Å². The van der Waals surface area contributed by atoms with E-state index < -0.39 is 41.0 Å². The number of carbonyl (C=O) groups excluding carboxylic acids is 2. The number of fused-ring (bicyclic) bond motifs is 1. The van der Waals surface area contributed by atoms with Crippen LogP contribution in [0.1, 0.15) is 27.0 Å². The second-order valence-corrected chi connectivity index (χ2v) is 9.68. The molecular formula is C26H27F6N5O2. The van der Waals surface area contributed by atoms with Crippen molar-refractivity contribution in [2.75, 3.05) is 40.3 Å². The van der Waals surface area contributed by atoms with E-state index in [1.54, 1.807) is 25.2 Å². The van der Waals surface area contributed by atoms with Gasteiger partial charge in [-0.05, 0) is 36.2 Å². The summed E-state index contributed by atoms with van der Waals surface area (Å²) in [7, 11) is 3.30. The topological polar surface area (TPSA) is 71.7 Å². The van der Waals surface area contributed by atoms with E-state index in [1.807, 2.05) is 24.3 Å². The zero-order valence-electron chi connectivity index (χ0n) is 21.2. The maximum absolute atomic E-state index is 13.5. The first-order chi connectivity index (χ1) is 18.2. The lowest BCUT2D eigenvalue weighted by molar-refractivity contribution is -0.143. The van der Waals surface area contributed by atoms with Crippen molar-refractivity contribution in [3.05, 3.63) is 70.9 Å². The van der Waals surface area contributed by atoms with Gasteiger partial charge in [-0.3, -0.25) is 19.9 Å². The van der Waals surface area contributed by atoms with E-state index in [0.717, 1.165) is 16.5 Å². The predicted molar refractivity (Wildman–Crippen MR) is 132 cm³/mol. The molecule has 2 N–H and O–H groups in total. The van der Waals surface area contributed by atoms with Gasteiger partial charge in [0.05, 0.1) is 17.7 Å². The molecule has 3 aromatic rings. The SMILES string of the molecule is CN(C)NC(=O)CN1CCN(C(=O)c2cc(C(F)(F)F)cc(C(F)(F)F)c2)C(Cc2c[nH]c3ccccc23)C1. The molecule has 0 bridgehead atoms. The highest BCUT2D eigenvalue weighted by Gasteiger charge is 2.39. The number of H-pyrrole nitrogens is 1. The van der Waals surface area contributed by atoms with E-state index in [2.05, 4.69) is 10.4 Å². The van der Waals surface area contributed by atoms with Crippen LogP contribution in [0, 0.1) is 0 Å². The highest BCUT2D eigenvalue weighted by Crippen LogP contribution is 2.37. The van der Waals surface area contributed by atoms with Crippen LogP contribution >= 0.6 is 0 Å². The van der Waals surface area contributed by atoms with Crippen molar-refractivity contribution >= 4 is 22.7 Å². The highest BCUT2D eigenvalue weighted by atomic mass is 19.4. The van der Waals surface area contributed by atoms with Crippen molar-refractivity contribution in [1.29, 1.82) is 0 Å². The number of nitrogens with one attached hydrogen (secondary N) is 2. The summed E-state index contributed by atoms with van der Waals surface area (Å²) < 4.78 is 80.6. The monoisotopic (exact) mass is 555 g/mol. The van der Waals surface area contributed by atoms with Crippen molar-refractivity contribution in [3.63, 3.8) is 0 Å². The number of rotatable bonds is 6. The smallest absolute Gasteiger partial charge is 0.361 e. The number of piperazine rings is 1. The summed E-state index contributed by atoms with van der Waals surface area (Å²) in [5.74, 6) is -1.23. The number of hydrogen-bond acceptors (Lipinski definition) is 4. The number of nitrogens with zero attached hydrogens (tertiary/aromatic N) is 3. The Hall–Kier alpha value is -3.58. The van der Waals surface area contributed by atoms with E-state index in [9.17, 15) is 35.9 Å². The summed E-state index contributed by atoms with van der Waals surface area (Å²) in [6.07, 6.45) is -8.11. The lowest BCUT2D eigenvalue weighted by Crippen LogP contribution is -2.57. The van der Waals surface area contributed by atoms with Gasteiger partial charge >= 0.3 is 12.4 Å². The van der Waals surface area contributed by atoms with Gasteiger partial charge in [-0.25, -0.2) is 5.01 Å². The lowest BCUT2D eigenvalue weighted by Gasteiger charge is -2.41. The first-order valence-electron chi connectivity index (χ1n) is 12.1. The third kappa shape index (κ3) is 6.71. The van der Waals surface area contributed by atoms with Gasteiger partial charge in [-0.15, -0.1) is 0 Å². The zero-order chi connectivity index (χ0) is 28.5. The molecule has 210 valence electrons. The molecule has 2 amide bonds. The molecule has 1 saturated heterocycles. The predicted octanol–water partition coefficient (Wildman–Crippen LogP) is 4.17. The number of aromatic nitrogens is 1. The molecule has 2 heterocycles. The molecule has 1 aromatic heterocycles. The summed E-state index contributed by atoms with van der Waals surface area (Å²) >= 11 is 0. The number of aromatic amines is 1. The minimum atomic E-state index is -5.07. The van der Waals surface area contributed by atoms with Gasteiger partial charge in [0.1, 0.15) is 0 Å². The molecule has 7 nitrogen and oxygen atoms in total. The number of benzene rings is 2. The molecule has 0 saturated carbocycles. The van der Waals surface area contributed by atoms with E-state index >= 15 is 0 Å². The van der Waals surface area contributed by atoms with Crippen molar-refractivity contribution in [2.45, 2.75) is 24.8 Å². The van der Waals surface area contributed by atoms with Crippen LogP contribution in [-0.2, 0) is 23.6 Å². The number of hydrogen-bond donors (Lipinski definition) is 2. The summed E-state index contributed by atoms with van der Waals surface area (Å²) in [5.41, 5.74) is 0.509. The van der Waals surface area contributed by atoms with Crippen LogP contribution in [0.4, 0.5) is 26.3 Å². The Morgan fingerprint density at radius 2 is 1.64 bits per heavy atom. The fourth-order valence-corrected chi connectivity index (χ4v) is 4.79. The second-order valence-electron chi connectivity index (χ2n) is 9.68. The molecule has 1 aliphatic heterocycles. The van der Waals surface area contributed by atoms with Gasteiger partial charge < -0.3 is 9.88 Å². The molecule has 0 radical (unpaired) electrons. The molecule has 39 heavy (non-hydrogen) atoms. The van der Waals surface area contributed by atoms with Crippen LogP contribution in [0.25, 0.3) is 10.9 Å². The maximum atomic E-state index is 13.5. The summed E-state index contributed by atoms with van der Waals surface area (Å²) in [6.45, 7) is 0.421. The van der Waals surface area contributed by atoms with E-state index in [4.69, 9.17) is 0 Å². The van der Waals surface area contributed by atoms with Crippen molar-refractivity contribution in [1.82, 2.24) is 25.2 Å². The fourth-order valence-electron chi connectivity index (χ4n) is 4.79. The summed E-state index contributed by atoms with van der Waals surface area (Å²) in [6, 6.07) is 7.71. The quantitative estimate of drug-likeness (QED) is 0.354. The molecule has 2 aromatic carbocycles. The molecule has 1 unspecified atom stereocenters. The number of hydrazine groups is 1. The maximum Gasteiger partial charge on any atom is 0.416 e. The zero-order valence-corrected chi connectivity index (χ0v) is 21.2. The van der Waals surface area contributed by atoms with Gasteiger partial charge in [-0.2, -0.15) is 26.3 Å². The fraction of sp³-hybridized carbons (Fsp3) is 0.385. The van der Waals surface area contributed by atoms with E-state index in [1.165, 1.54) is 9.91 Å². The lowest BCUT2D eigenvalue weighted by atomic mass is 9.98. The Bertz CT molecular complexity index is 1320. The van der Waals surface area contributed by atoms with Crippen molar-refractivity contribution in [3.8, 4) is 0 Å². The Labute approximate surface area is 220 Å². The second kappa shape index (κ2) is 10.9. The Morgan fingerprint density at radius 3 is 2.26 bits per heavy atom. The van der Waals surface area contributed by atoms with Gasteiger partial charge in [0.2, 0.25) is 5.91 Å². The van der Waals surface area contributed by atoms with Crippen LogP contribution in [0.2, 0.25) is 0 Å². The molecule has 13 heteroatoms. The van der Waals surface area contributed by atoms with Crippen LogP contribution in [0.15, 0.2) is 48.7 Å². The largest absolute Gasteiger partial charge is 0.416 e. The average molecular weight is 556 g/mol. The van der Waals surface area contributed by atoms with Crippen molar-refractivity contribution < 1.29 is 35.9 Å². The number of para-hydroxylation sites is 1. The standard InChI is InChI=1S/C26H27F6N5O2/c1-35(2)34-23(38)15-36-7-8-37(20(14-36)11-17-13-33-22-6-4-3-5-21(17)22)24(39)16-9-18(25(27,28)29)12-19(10-16)26(30,31)32/h3-6,9-10,12-13,20,33H,7-8,11,14-15H2,1-2H3,(H,34,38). The Balaban J connectivity index is 1.67. The first-order valence-corrected chi connectivity index (χ1v) is 12.1. The van der Waals surface area contributed by atoms with E-state index in [-0.39, 0.29) is 44.6 Å². The number of halogens is 6. The summed E-state index contributed by atoms with van der Waals surface area (Å²) in [5, 5.41) is 2.36. The highest BCUT2D eigenvalue weighted by molar-refractivity contribution is 5.95. The minimum Gasteiger partial charge on any atom is -0.361 e. The minimum absolute atomic E-state index is 0.00149. The van der Waals surface area contributed by atoms with Crippen LogP contribution in [0.3, 0.4) is 0 Å². The van der Waals surface area contributed by atoms with Crippen LogP contribution < -0.4 is 5.43 Å². The molecular weight excluding hydrogens is 528 g/mol. The van der Waals surface area contributed by atoms with Crippen LogP contribution in [0.5, 0.6) is 0 Å². The average Bonchev–Trinajstić information content (AvgIpc) is 3.25. The normalized spacial score (nSPS) is 17.2. The van der Waals surface area contributed by atoms with E-state index in [0.29, 0.717) is 12.1 Å². The van der Waals surface area contributed by atoms with Gasteiger partial charge in [-0.1, -0.05) is 18.2 Å². The molecule has 1 aliphatic rings. The third-order valence-electron chi connectivity index (χ3n) is 6.51. The van der Waals surface area contributed by atoms with Gasteiger partial charge in [0.25, 0.3) is 5.91 Å². The molecule has 0 aliphatic carbocycles. The Morgan fingerprint density at radius 1 is 1.00 bits per heavy atom. The Kier molecular flexibility index (Phi) is 7.94. The third-order valence-corrected chi connectivity index (χ3v) is 6.51. The van der Waals surface area contributed by atoms with Crippen LogP contribution in [-0.4, -0.2) is 77.9 Å².